The Labute approximate surface area is 148 Å². The van der Waals surface area contributed by atoms with Gasteiger partial charge < -0.3 is 15.5 Å². The maximum atomic E-state index is 12.2. The summed E-state index contributed by atoms with van der Waals surface area (Å²) in [5.41, 5.74) is 3.64. The van der Waals surface area contributed by atoms with Crippen molar-refractivity contribution in [3.05, 3.63) is 59.7 Å². The third-order valence-corrected chi connectivity index (χ3v) is 4.38. The monoisotopic (exact) mass is 337 g/mol. The van der Waals surface area contributed by atoms with Crippen LogP contribution in [0.25, 0.3) is 0 Å². The summed E-state index contributed by atoms with van der Waals surface area (Å²) in [5, 5.41) is 5.68. The van der Waals surface area contributed by atoms with Crippen LogP contribution >= 0.6 is 0 Å². The summed E-state index contributed by atoms with van der Waals surface area (Å²) in [7, 11) is 0. The fourth-order valence-corrected chi connectivity index (χ4v) is 2.99. The molecular weight excluding hydrogens is 314 g/mol. The van der Waals surface area contributed by atoms with Crippen LogP contribution in [0.1, 0.15) is 30.4 Å². The molecule has 1 saturated heterocycles. The number of hydrogen-bond donors (Lipinski definition) is 2. The second kappa shape index (κ2) is 7.83. The van der Waals surface area contributed by atoms with Gasteiger partial charge in [-0.15, -0.1) is 0 Å². The van der Waals surface area contributed by atoms with Crippen molar-refractivity contribution in [2.75, 3.05) is 16.8 Å². The summed E-state index contributed by atoms with van der Waals surface area (Å²) in [4.78, 5) is 26.1. The first-order valence-electron chi connectivity index (χ1n) is 8.63. The Hall–Kier alpha value is -2.82. The molecule has 5 nitrogen and oxygen atoms in total. The van der Waals surface area contributed by atoms with Crippen LogP contribution in [0.2, 0.25) is 0 Å². The van der Waals surface area contributed by atoms with Crippen molar-refractivity contribution in [1.82, 2.24) is 5.32 Å². The minimum Gasteiger partial charge on any atom is -0.334 e. The normalized spacial score (nSPS) is 14.3. The van der Waals surface area contributed by atoms with Crippen LogP contribution in [0.4, 0.5) is 16.2 Å². The minimum atomic E-state index is -0.261. The standard InChI is InChI=1S/C20H23N3O2/c1-15-10-11-17(13-18(15)23-12-6-5-9-19(23)24)22-20(25)21-14-16-7-3-2-4-8-16/h2-4,7-8,10-11,13H,5-6,9,12,14H2,1H3,(H2,21,22,25). The van der Waals surface area contributed by atoms with E-state index in [2.05, 4.69) is 10.6 Å². The number of hydrogen-bond acceptors (Lipinski definition) is 2. The number of nitrogens with one attached hydrogen (secondary N) is 2. The van der Waals surface area contributed by atoms with Gasteiger partial charge in [0.15, 0.2) is 0 Å². The Kier molecular flexibility index (Phi) is 5.33. The molecule has 130 valence electrons. The first-order chi connectivity index (χ1) is 12.1. The first kappa shape index (κ1) is 17.0. The lowest BCUT2D eigenvalue weighted by molar-refractivity contribution is -0.119. The topological polar surface area (TPSA) is 61.4 Å². The summed E-state index contributed by atoms with van der Waals surface area (Å²) < 4.78 is 0. The zero-order valence-electron chi connectivity index (χ0n) is 14.4. The lowest BCUT2D eigenvalue weighted by Crippen LogP contribution is -2.35. The van der Waals surface area contributed by atoms with Crippen LogP contribution in [0.3, 0.4) is 0 Å². The van der Waals surface area contributed by atoms with Crippen LogP contribution in [0, 0.1) is 6.92 Å². The molecule has 3 rings (SSSR count). The fraction of sp³-hybridized carbons (Fsp3) is 0.300. The number of rotatable bonds is 4. The van der Waals surface area contributed by atoms with Gasteiger partial charge in [-0.05, 0) is 43.0 Å². The number of nitrogens with zero attached hydrogens (tertiary/aromatic N) is 1. The van der Waals surface area contributed by atoms with Crippen molar-refractivity contribution in [2.24, 2.45) is 0 Å². The molecule has 0 aromatic heterocycles. The molecule has 2 N–H and O–H groups in total. The molecule has 0 bridgehead atoms. The maximum absolute atomic E-state index is 12.2. The average molecular weight is 337 g/mol. The third kappa shape index (κ3) is 4.38. The molecule has 2 aromatic carbocycles. The van der Waals surface area contributed by atoms with Crippen molar-refractivity contribution in [3.8, 4) is 0 Å². The number of amides is 3. The molecule has 1 aliphatic rings. The van der Waals surface area contributed by atoms with Crippen molar-refractivity contribution >= 4 is 23.3 Å². The van der Waals surface area contributed by atoms with Crippen LogP contribution in [0.15, 0.2) is 48.5 Å². The van der Waals surface area contributed by atoms with Crippen molar-refractivity contribution < 1.29 is 9.59 Å². The molecule has 0 spiro atoms. The van der Waals surface area contributed by atoms with Crippen LogP contribution in [0.5, 0.6) is 0 Å². The molecule has 0 radical (unpaired) electrons. The van der Waals surface area contributed by atoms with E-state index in [-0.39, 0.29) is 11.9 Å². The number of carbonyl (C=O) groups excluding carboxylic acids is 2. The number of benzene rings is 2. The van der Waals surface area contributed by atoms with E-state index in [1.165, 1.54) is 0 Å². The minimum absolute atomic E-state index is 0.153. The molecule has 0 saturated carbocycles. The molecule has 1 heterocycles. The molecule has 25 heavy (non-hydrogen) atoms. The van der Waals surface area contributed by atoms with Gasteiger partial charge in [0, 0.05) is 30.9 Å². The molecular formula is C20H23N3O2. The smallest absolute Gasteiger partial charge is 0.319 e. The second-order valence-corrected chi connectivity index (χ2v) is 6.30. The molecule has 2 aromatic rings. The number of urea groups is 1. The van der Waals surface area contributed by atoms with E-state index in [0.29, 0.717) is 18.7 Å². The summed E-state index contributed by atoms with van der Waals surface area (Å²) in [6, 6.07) is 15.2. The highest BCUT2D eigenvalue weighted by atomic mass is 16.2. The van der Waals surface area contributed by atoms with E-state index >= 15 is 0 Å². The molecule has 1 aliphatic heterocycles. The third-order valence-electron chi connectivity index (χ3n) is 4.38. The van der Waals surface area contributed by atoms with E-state index in [1.54, 1.807) is 0 Å². The van der Waals surface area contributed by atoms with Gasteiger partial charge in [-0.1, -0.05) is 36.4 Å². The number of piperidine rings is 1. The van der Waals surface area contributed by atoms with Gasteiger partial charge in [-0.3, -0.25) is 4.79 Å². The number of anilines is 2. The molecule has 3 amide bonds. The molecule has 0 aliphatic carbocycles. The zero-order valence-corrected chi connectivity index (χ0v) is 14.4. The Bertz CT molecular complexity index is 759. The van der Waals surface area contributed by atoms with Crippen molar-refractivity contribution in [3.63, 3.8) is 0 Å². The predicted molar refractivity (Wildman–Crippen MR) is 99.7 cm³/mol. The predicted octanol–water partition coefficient (Wildman–Crippen LogP) is 3.83. The Morgan fingerprint density at radius 3 is 2.68 bits per heavy atom. The molecule has 0 atom stereocenters. The van der Waals surface area contributed by atoms with E-state index in [0.717, 1.165) is 36.2 Å². The van der Waals surface area contributed by atoms with Crippen LogP contribution in [-0.4, -0.2) is 18.5 Å². The summed E-state index contributed by atoms with van der Waals surface area (Å²) in [5.74, 6) is 0.153. The highest BCUT2D eigenvalue weighted by Crippen LogP contribution is 2.27. The SMILES string of the molecule is Cc1ccc(NC(=O)NCc2ccccc2)cc1N1CCCCC1=O. The average Bonchev–Trinajstić information content (AvgIpc) is 2.63. The number of aryl methyl sites for hydroxylation is 1. The summed E-state index contributed by atoms with van der Waals surface area (Å²) >= 11 is 0. The van der Waals surface area contributed by atoms with Gasteiger partial charge >= 0.3 is 6.03 Å². The van der Waals surface area contributed by atoms with Gasteiger partial charge in [0.25, 0.3) is 0 Å². The fourth-order valence-electron chi connectivity index (χ4n) is 2.99. The van der Waals surface area contributed by atoms with Gasteiger partial charge in [0.1, 0.15) is 0 Å². The summed E-state index contributed by atoms with van der Waals surface area (Å²) in [6.07, 6.45) is 2.56. The lowest BCUT2D eigenvalue weighted by Gasteiger charge is -2.28. The van der Waals surface area contributed by atoms with E-state index in [9.17, 15) is 9.59 Å². The van der Waals surface area contributed by atoms with Gasteiger partial charge in [0.05, 0.1) is 0 Å². The van der Waals surface area contributed by atoms with Crippen LogP contribution < -0.4 is 15.5 Å². The van der Waals surface area contributed by atoms with Gasteiger partial charge in [-0.25, -0.2) is 4.79 Å². The van der Waals surface area contributed by atoms with Crippen molar-refractivity contribution in [2.45, 2.75) is 32.7 Å². The highest BCUT2D eigenvalue weighted by molar-refractivity contribution is 5.96. The van der Waals surface area contributed by atoms with E-state index < -0.39 is 0 Å². The Morgan fingerprint density at radius 2 is 1.92 bits per heavy atom. The largest absolute Gasteiger partial charge is 0.334 e. The quantitative estimate of drug-likeness (QED) is 0.890. The maximum Gasteiger partial charge on any atom is 0.319 e. The summed E-state index contributed by atoms with van der Waals surface area (Å²) in [6.45, 7) is 3.19. The number of carbonyl (C=O) groups is 2. The molecule has 1 fully saturated rings. The molecule has 5 heteroatoms. The van der Waals surface area contributed by atoms with E-state index in [1.807, 2.05) is 60.4 Å². The van der Waals surface area contributed by atoms with Crippen LogP contribution in [-0.2, 0) is 11.3 Å². The highest BCUT2D eigenvalue weighted by Gasteiger charge is 2.21. The van der Waals surface area contributed by atoms with Gasteiger partial charge in [0.2, 0.25) is 5.91 Å². The first-order valence-corrected chi connectivity index (χ1v) is 8.63. The van der Waals surface area contributed by atoms with Gasteiger partial charge in [-0.2, -0.15) is 0 Å². The van der Waals surface area contributed by atoms with E-state index in [4.69, 9.17) is 0 Å². The Morgan fingerprint density at radius 1 is 1.12 bits per heavy atom. The lowest BCUT2D eigenvalue weighted by atomic mass is 10.1. The Balaban J connectivity index is 1.65. The molecule has 0 unspecified atom stereocenters. The van der Waals surface area contributed by atoms with Crippen molar-refractivity contribution in [1.29, 1.82) is 0 Å². The second-order valence-electron chi connectivity index (χ2n) is 6.30. The zero-order chi connectivity index (χ0) is 17.6.